The molecule has 0 radical (unpaired) electrons. The Kier molecular flexibility index (Phi) is 5.58. The molecule has 10 nitrogen and oxygen atoms in total. The number of hydrogen-bond donors (Lipinski definition) is 2. The van der Waals surface area contributed by atoms with E-state index < -0.39 is 0 Å². The van der Waals surface area contributed by atoms with E-state index in [0.29, 0.717) is 44.2 Å². The Morgan fingerprint density at radius 3 is 2.62 bits per heavy atom. The van der Waals surface area contributed by atoms with Crippen molar-refractivity contribution in [2.45, 2.75) is 38.6 Å². The smallest absolute Gasteiger partial charge is 0.353 e. The number of hydrogen-bond acceptors (Lipinski definition) is 8. The first-order valence-corrected chi connectivity index (χ1v) is 11.1. The minimum atomic E-state index is -0.299. The summed E-state index contributed by atoms with van der Waals surface area (Å²) < 4.78 is 14.4. The van der Waals surface area contributed by atoms with E-state index in [1.165, 1.54) is 9.08 Å². The number of morpholine rings is 2. The Bertz CT molecular complexity index is 1140. The number of nitrogen functional groups attached to an aromatic ring is 1. The van der Waals surface area contributed by atoms with E-state index >= 15 is 0 Å². The maximum atomic E-state index is 13.3. The molecule has 2 aliphatic heterocycles. The van der Waals surface area contributed by atoms with Crippen LogP contribution in [0.4, 0.5) is 11.6 Å². The highest BCUT2D eigenvalue weighted by atomic mass is 16.5. The molecule has 2 saturated heterocycles. The van der Waals surface area contributed by atoms with Crippen molar-refractivity contribution >= 4 is 17.3 Å². The lowest BCUT2D eigenvalue weighted by Crippen LogP contribution is -2.46. The number of fused-ring (bicyclic) bond motifs is 1. The Balaban J connectivity index is 1.68. The Hall–Kier alpha value is -2.95. The van der Waals surface area contributed by atoms with Crippen molar-refractivity contribution in [3.05, 3.63) is 40.8 Å². The molecule has 0 bridgehead atoms. The van der Waals surface area contributed by atoms with Crippen molar-refractivity contribution in [1.82, 2.24) is 24.5 Å². The van der Waals surface area contributed by atoms with Crippen LogP contribution in [0.2, 0.25) is 0 Å². The van der Waals surface area contributed by atoms with Crippen LogP contribution in [0.15, 0.2) is 35.1 Å². The lowest BCUT2D eigenvalue weighted by Gasteiger charge is -2.37. The largest absolute Gasteiger partial charge is 0.378 e. The fourth-order valence-corrected chi connectivity index (χ4v) is 4.60. The van der Waals surface area contributed by atoms with Crippen LogP contribution in [0, 0.1) is 0 Å². The molecule has 32 heavy (non-hydrogen) atoms. The molecule has 0 unspecified atom stereocenters. The number of nitrogens with zero attached hydrogens (tertiary/aromatic N) is 5. The van der Waals surface area contributed by atoms with Crippen molar-refractivity contribution < 1.29 is 9.47 Å². The van der Waals surface area contributed by atoms with Crippen LogP contribution in [0.1, 0.15) is 13.8 Å². The molecule has 1 aromatic carbocycles. The lowest BCUT2D eigenvalue weighted by molar-refractivity contribution is -0.00514. The predicted octanol–water partition coefficient (Wildman–Crippen LogP) is 0.742. The third kappa shape index (κ3) is 3.85. The zero-order valence-corrected chi connectivity index (χ0v) is 18.4. The van der Waals surface area contributed by atoms with Gasteiger partial charge in [0.1, 0.15) is 11.4 Å². The highest BCUT2D eigenvalue weighted by molar-refractivity contribution is 5.86. The number of nitrogens with one attached hydrogen (secondary N) is 1. The van der Waals surface area contributed by atoms with Gasteiger partial charge in [0.2, 0.25) is 5.95 Å². The molecule has 0 amide bonds. The van der Waals surface area contributed by atoms with Crippen molar-refractivity contribution in [2.75, 3.05) is 43.5 Å². The predicted molar refractivity (Wildman–Crippen MR) is 122 cm³/mol. The molecule has 2 aliphatic rings. The Labute approximate surface area is 185 Å². The van der Waals surface area contributed by atoms with Crippen molar-refractivity contribution in [2.24, 2.45) is 0 Å². The maximum Gasteiger partial charge on any atom is 0.353 e. The average Bonchev–Trinajstić information content (AvgIpc) is 3.10. The minimum absolute atomic E-state index is 0.0148. The van der Waals surface area contributed by atoms with Crippen LogP contribution in [-0.4, -0.2) is 70.3 Å². The summed E-state index contributed by atoms with van der Waals surface area (Å²) in [5.74, 6) is 0.126. The molecule has 2 fully saturated rings. The second kappa shape index (κ2) is 8.53. The van der Waals surface area contributed by atoms with Crippen LogP contribution in [0.5, 0.6) is 0 Å². The third-order valence-corrected chi connectivity index (χ3v) is 5.91. The summed E-state index contributed by atoms with van der Waals surface area (Å²) in [6.45, 7) is 7.80. The molecule has 10 heteroatoms. The summed E-state index contributed by atoms with van der Waals surface area (Å²) in [7, 11) is 0. The minimum Gasteiger partial charge on any atom is -0.378 e. The normalized spacial score (nSPS) is 24.2. The zero-order chi connectivity index (χ0) is 22.2. The fourth-order valence-electron chi connectivity index (χ4n) is 4.60. The lowest BCUT2D eigenvalue weighted by atomic mass is 10.1. The highest BCUT2D eigenvalue weighted by Crippen LogP contribution is 2.34. The maximum absolute atomic E-state index is 13.3. The zero-order valence-electron chi connectivity index (χ0n) is 18.4. The molecule has 3 N–H and O–H groups in total. The van der Waals surface area contributed by atoms with Gasteiger partial charge in [-0.1, -0.05) is 30.3 Å². The van der Waals surface area contributed by atoms with E-state index in [2.05, 4.69) is 15.2 Å². The number of aromatic nitrogens is 4. The summed E-state index contributed by atoms with van der Waals surface area (Å²) in [6, 6.07) is 9.89. The molecule has 170 valence electrons. The molecule has 0 saturated carbocycles. The molecular formula is C22H29N7O3. The van der Waals surface area contributed by atoms with Crippen molar-refractivity contribution in [3.8, 4) is 11.3 Å². The van der Waals surface area contributed by atoms with E-state index in [4.69, 9.17) is 20.3 Å². The summed E-state index contributed by atoms with van der Waals surface area (Å²) in [4.78, 5) is 20.2. The Morgan fingerprint density at radius 1 is 1.19 bits per heavy atom. The first kappa shape index (κ1) is 20.9. The first-order valence-electron chi connectivity index (χ1n) is 11.1. The highest BCUT2D eigenvalue weighted by Gasteiger charge is 2.30. The number of rotatable bonds is 4. The van der Waals surface area contributed by atoms with E-state index in [-0.39, 0.29) is 29.9 Å². The van der Waals surface area contributed by atoms with E-state index in [9.17, 15) is 4.79 Å². The van der Waals surface area contributed by atoms with Gasteiger partial charge in [-0.25, -0.2) is 18.9 Å². The van der Waals surface area contributed by atoms with Crippen LogP contribution >= 0.6 is 0 Å². The van der Waals surface area contributed by atoms with Crippen molar-refractivity contribution in [1.29, 1.82) is 0 Å². The third-order valence-electron chi connectivity index (χ3n) is 5.91. The molecule has 2 aromatic heterocycles. The Morgan fingerprint density at radius 2 is 1.94 bits per heavy atom. The van der Waals surface area contributed by atoms with Gasteiger partial charge < -0.3 is 25.4 Å². The van der Waals surface area contributed by atoms with Crippen LogP contribution < -0.4 is 21.6 Å². The van der Waals surface area contributed by atoms with E-state index in [1.54, 1.807) is 0 Å². The quantitative estimate of drug-likeness (QED) is 0.612. The fraction of sp³-hybridized carbons (Fsp3) is 0.500. The number of benzene rings is 1. The van der Waals surface area contributed by atoms with Crippen LogP contribution in [0.3, 0.4) is 0 Å². The average molecular weight is 440 g/mol. The molecule has 0 spiro atoms. The topological polar surface area (TPSA) is 112 Å². The number of ether oxygens (including phenoxy) is 2. The molecular weight excluding hydrogens is 410 g/mol. The molecule has 4 heterocycles. The van der Waals surface area contributed by atoms with Gasteiger partial charge in [-0.15, -0.1) is 5.10 Å². The van der Waals surface area contributed by atoms with E-state index in [0.717, 1.165) is 17.8 Å². The first-order chi connectivity index (χ1) is 15.5. The molecule has 3 aromatic rings. The SMILES string of the molecule is C[C@@H]1CN(c2c(-c3ccccc3)nc(N)n3c(=O)n(C[C@@H]4COCCN4)nc23)C[C@H](C)O1. The molecule has 5 rings (SSSR count). The summed E-state index contributed by atoms with van der Waals surface area (Å²) in [6.07, 6.45) is 0.0785. The van der Waals surface area contributed by atoms with E-state index in [1.807, 2.05) is 44.2 Å². The second-order valence-corrected chi connectivity index (χ2v) is 8.55. The van der Waals surface area contributed by atoms with Crippen LogP contribution in [0.25, 0.3) is 16.9 Å². The monoisotopic (exact) mass is 439 g/mol. The standard InChI is InChI=1S/C22H29N7O3/c1-14-10-27(11-15(2)32-14)19-18(16-6-4-3-5-7-16)25-21(23)29-20(19)26-28(22(29)30)12-17-13-31-9-8-24-17/h3-7,14-15,17,24H,8-13H2,1-2H3,(H2,23,25)/t14-,15+,17-/m1/s1. The van der Waals surface area contributed by atoms with Gasteiger partial charge in [0, 0.05) is 25.2 Å². The number of nitrogens with two attached hydrogens (primary N) is 1. The summed E-state index contributed by atoms with van der Waals surface area (Å²) in [5.41, 5.74) is 8.97. The van der Waals surface area contributed by atoms with Gasteiger partial charge in [0.15, 0.2) is 5.65 Å². The van der Waals surface area contributed by atoms with Gasteiger partial charge in [0.05, 0.1) is 38.0 Å². The van der Waals surface area contributed by atoms with Gasteiger partial charge in [0.25, 0.3) is 0 Å². The summed E-state index contributed by atoms with van der Waals surface area (Å²) in [5, 5.41) is 8.12. The van der Waals surface area contributed by atoms with Gasteiger partial charge >= 0.3 is 5.69 Å². The van der Waals surface area contributed by atoms with Crippen molar-refractivity contribution in [3.63, 3.8) is 0 Å². The summed E-state index contributed by atoms with van der Waals surface area (Å²) >= 11 is 0. The second-order valence-electron chi connectivity index (χ2n) is 8.55. The van der Waals surface area contributed by atoms with Gasteiger partial charge in [-0.2, -0.15) is 0 Å². The van der Waals surface area contributed by atoms with Crippen LogP contribution in [-0.2, 0) is 16.0 Å². The van der Waals surface area contributed by atoms with Gasteiger partial charge in [-0.3, -0.25) is 0 Å². The molecule has 3 atom stereocenters. The molecule has 0 aliphatic carbocycles. The van der Waals surface area contributed by atoms with Gasteiger partial charge in [-0.05, 0) is 13.8 Å². The number of anilines is 2.